The van der Waals surface area contributed by atoms with Crippen LogP contribution in [-0.4, -0.2) is 22.6 Å². The zero-order chi connectivity index (χ0) is 16.0. The lowest BCUT2D eigenvalue weighted by molar-refractivity contribution is -0.394. The maximum absolute atomic E-state index is 11.9. The van der Waals surface area contributed by atoms with Gasteiger partial charge in [0, 0.05) is 24.6 Å². The summed E-state index contributed by atoms with van der Waals surface area (Å²) < 4.78 is 35.7. The van der Waals surface area contributed by atoms with Gasteiger partial charge in [-0.3, -0.25) is 20.2 Å². The van der Waals surface area contributed by atoms with Crippen LogP contribution in [-0.2, 0) is 6.54 Å². The molecule has 0 aliphatic carbocycles. The van der Waals surface area contributed by atoms with Crippen molar-refractivity contribution in [3.8, 4) is 0 Å². The molecule has 1 rings (SSSR count). The molecular formula is C11H12F3N3O4. The standard InChI is InChI=1S/C11H12F3N3O4/c12-11(13,14)4-1-5-15-7-8-2-3-9(16(18)19)6-10(8)17(20)21/h2-3,6,15H,1,4-5,7H2. The molecular weight excluding hydrogens is 295 g/mol. The first-order valence-corrected chi connectivity index (χ1v) is 5.90. The first-order valence-electron chi connectivity index (χ1n) is 5.90. The van der Waals surface area contributed by atoms with Gasteiger partial charge in [0.25, 0.3) is 11.4 Å². The van der Waals surface area contributed by atoms with Crippen LogP contribution in [0.1, 0.15) is 18.4 Å². The van der Waals surface area contributed by atoms with E-state index >= 15 is 0 Å². The third-order valence-electron chi connectivity index (χ3n) is 2.61. The largest absolute Gasteiger partial charge is 0.389 e. The summed E-state index contributed by atoms with van der Waals surface area (Å²) in [5.41, 5.74) is -0.673. The highest BCUT2D eigenvalue weighted by Gasteiger charge is 2.26. The highest BCUT2D eigenvalue weighted by molar-refractivity contribution is 5.49. The van der Waals surface area contributed by atoms with Crippen LogP contribution in [0.5, 0.6) is 0 Å². The van der Waals surface area contributed by atoms with Gasteiger partial charge < -0.3 is 5.32 Å². The maximum atomic E-state index is 11.9. The number of nitro groups is 2. The normalized spacial score (nSPS) is 11.4. The molecule has 0 bridgehead atoms. The van der Waals surface area contributed by atoms with Gasteiger partial charge in [-0.1, -0.05) is 0 Å². The minimum atomic E-state index is -4.24. The fourth-order valence-electron chi connectivity index (χ4n) is 1.62. The van der Waals surface area contributed by atoms with Gasteiger partial charge >= 0.3 is 6.18 Å². The number of benzene rings is 1. The topological polar surface area (TPSA) is 98.3 Å². The Hall–Kier alpha value is -2.23. The fourth-order valence-corrected chi connectivity index (χ4v) is 1.62. The summed E-state index contributed by atoms with van der Waals surface area (Å²) in [5.74, 6) is 0. The summed E-state index contributed by atoms with van der Waals surface area (Å²) in [6.45, 7) is -0.000182. The molecule has 0 amide bonds. The number of nitrogens with zero attached hydrogens (tertiary/aromatic N) is 2. The quantitative estimate of drug-likeness (QED) is 0.474. The van der Waals surface area contributed by atoms with E-state index in [1.807, 2.05) is 0 Å². The molecule has 0 aromatic heterocycles. The van der Waals surface area contributed by atoms with Crippen LogP contribution in [0.3, 0.4) is 0 Å². The molecule has 1 aromatic rings. The predicted molar refractivity (Wildman–Crippen MR) is 66.7 cm³/mol. The molecule has 0 unspecified atom stereocenters. The molecule has 0 spiro atoms. The molecule has 1 N–H and O–H groups in total. The van der Waals surface area contributed by atoms with Gasteiger partial charge in [0.15, 0.2) is 0 Å². The lowest BCUT2D eigenvalue weighted by atomic mass is 10.1. The van der Waals surface area contributed by atoms with E-state index in [4.69, 9.17) is 0 Å². The highest BCUT2D eigenvalue weighted by Crippen LogP contribution is 2.24. The number of rotatable bonds is 7. The number of halogens is 3. The van der Waals surface area contributed by atoms with Crippen molar-refractivity contribution in [1.82, 2.24) is 5.32 Å². The molecule has 0 aliphatic heterocycles. The number of nitro benzene ring substituents is 2. The lowest BCUT2D eigenvalue weighted by Crippen LogP contribution is -2.18. The summed E-state index contributed by atoms with van der Waals surface area (Å²) in [4.78, 5) is 19.8. The Labute approximate surface area is 117 Å². The number of hydrogen-bond acceptors (Lipinski definition) is 5. The summed E-state index contributed by atoms with van der Waals surface area (Å²) in [6.07, 6.45) is -5.33. The van der Waals surface area contributed by atoms with Gasteiger partial charge in [-0.2, -0.15) is 13.2 Å². The van der Waals surface area contributed by atoms with Crippen molar-refractivity contribution < 1.29 is 23.0 Å². The van der Waals surface area contributed by atoms with Crippen LogP contribution in [0.25, 0.3) is 0 Å². The lowest BCUT2D eigenvalue weighted by Gasteiger charge is -2.07. The van der Waals surface area contributed by atoms with Gasteiger partial charge in [0.2, 0.25) is 0 Å². The van der Waals surface area contributed by atoms with Crippen LogP contribution in [0.2, 0.25) is 0 Å². The number of non-ortho nitro benzene ring substituents is 1. The summed E-state index contributed by atoms with van der Waals surface area (Å²) in [5, 5.41) is 24.0. The summed E-state index contributed by atoms with van der Waals surface area (Å²) in [6, 6.07) is 3.15. The molecule has 0 fully saturated rings. The smallest absolute Gasteiger partial charge is 0.312 e. The van der Waals surface area contributed by atoms with Gasteiger partial charge in [0.05, 0.1) is 15.9 Å². The molecule has 116 valence electrons. The van der Waals surface area contributed by atoms with Crippen molar-refractivity contribution in [3.63, 3.8) is 0 Å². The van der Waals surface area contributed by atoms with E-state index in [0.717, 1.165) is 12.1 Å². The van der Waals surface area contributed by atoms with Gasteiger partial charge in [-0.15, -0.1) is 0 Å². The Morgan fingerprint density at radius 3 is 2.33 bits per heavy atom. The second-order valence-electron chi connectivity index (χ2n) is 4.22. The molecule has 1 aromatic carbocycles. The maximum Gasteiger partial charge on any atom is 0.389 e. The average molecular weight is 307 g/mol. The SMILES string of the molecule is O=[N+]([O-])c1ccc(CNCCCC(F)(F)F)c([N+](=O)[O-])c1. The van der Waals surface area contributed by atoms with E-state index in [1.165, 1.54) is 6.07 Å². The second-order valence-corrected chi connectivity index (χ2v) is 4.22. The summed E-state index contributed by atoms with van der Waals surface area (Å²) in [7, 11) is 0. The van der Waals surface area contributed by atoms with E-state index in [2.05, 4.69) is 5.32 Å². The minimum Gasteiger partial charge on any atom is -0.312 e. The highest BCUT2D eigenvalue weighted by atomic mass is 19.4. The second kappa shape index (κ2) is 6.97. The monoisotopic (exact) mass is 307 g/mol. The van der Waals surface area contributed by atoms with Crippen LogP contribution < -0.4 is 5.32 Å². The molecule has 0 saturated heterocycles. The minimum absolute atomic E-state index is 0.0354. The molecule has 0 saturated carbocycles. The van der Waals surface area contributed by atoms with Crippen LogP contribution in [0, 0.1) is 20.2 Å². The van der Waals surface area contributed by atoms with E-state index in [0.29, 0.717) is 0 Å². The number of alkyl halides is 3. The van der Waals surface area contributed by atoms with E-state index in [1.54, 1.807) is 0 Å². The number of nitrogens with one attached hydrogen (secondary N) is 1. The van der Waals surface area contributed by atoms with Crippen molar-refractivity contribution in [2.24, 2.45) is 0 Å². The molecule has 21 heavy (non-hydrogen) atoms. The van der Waals surface area contributed by atoms with Gasteiger partial charge in [0.1, 0.15) is 0 Å². The van der Waals surface area contributed by atoms with Crippen molar-refractivity contribution in [2.45, 2.75) is 25.6 Å². The third kappa shape index (κ3) is 5.73. The van der Waals surface area contributed by atoms with E-state index < -0.39 is 33.8 Å². The summed E-state index contributed by atoms with van der Waals surface area (Å²) >= 11 is 0. The average Bonchev–Trinajstić information content (AvgIpc) is 2.36. The molecule has 10 heteroatoms. The van der Waals surface area contributed by atoms with Crippen molar-refractivity contribution in [3.05, 3.63) is 44.0 Å². The molecule has 0 atom stereocenters. The Morgan fingerprint density at radius 2 is 1.81 bits per heavy atom. The molecule has 0 radical (unpaired) electrons. The molecule has 0 aliphatic rings. The zero-order valence-electron chi connectivity index (χ0n) is 10.7. The number of hydrogen-bond donors (Lipinski definition) is 1. The van der Waals surface area contributed by atoms with Crippen LogP contribution in [0.4, 0.5) is 24.5 Å². The Kier molecular flexibility index (Phi) is 5.59. The Morgan fingerprint density at radius 1 is 1.14 bits per heavy atom. The first-order chi connectivity index (χ1) is 9.70. The fraction of sp³-hybridized carbons (Fsp3) is 0.455. The van der Waals surface area contributed by atoms with Crippen LogP contribution in [0.15, 0.2) is 18.2 Å². The molecule has 7 nitrogen and oxygen atoms in total. The third-order valence-corrected chi connectivity index (χ3v) is 2.61. The van der Waals surface area contributed by atoms with E-state index in [-0.39, 0.29) is 25.1 Å². The van der Waals surface area contributed by atoms with Crippen LogP contribution >= 0.6 is 0 Å². The van der Waals surface area contributed by atoms with Crippen molar-refractivity contribution in [2.75, 3.05) is 6.54 Å². The van der Waals surface area contributed by atoms with Gasteiger partial charge in [-0.25, -0.2) is 0 Å². The van der Waals surface area contributed by atoms with E-state index in [9.17, 15) is 33.4 Å². The predicted octanol–water partition coefficient (Wildman–Crippen LogP) is 2.94. The molecule has 0 heterocycles. The van der Waals surface area contributed by atoms with Gasteiger partial charge in [-0.05, 0) is 19.0 Å². The van der Waals surface area contributed by atoms with Crippen molar-refractivity contribution in [1.29, 1.82) is 0 Å². The Balaban J connectivity index is 2.62. The first kappa shape index (κ1) is 16.8. The Bertz CT molecular complexity index is 534. The zero-order valence-corrected chi connectivity index (χ0v) is 10.7. The van der Waals surface area contributed by atoms with Crippen molar-refractivity contribution >= 4 is 11.4 Å².